The topological polar surface area (TPSA) is 78.4 Å². The van der Waals surface area contributed by atoms with Crippen LogP contribution in [0.4, 0.5) is 0 Å². The second-order valence-electron chi connectivity index (χ2n) is 7.48. The first-order chi connectivity index (χ1) is 12.8. The highest BCUT2D eigenvalue weighted by atomic mass is 32.1. The Morgan fingerprint density at radius 1 is 1.15 bits per heavy atom. The molecule has 27 heavy (non-hydrogen) atoms. The summed E-state index contributed by atoms with van der Waals surface area (Å²) in [5, 5.41) is 16.8. The van der Waals surface area contributed by atoms with Crippen LogP contribution in [0, 0.1) is 0 Å². The molecule has 1 heterocycles. The summed E-state index contributed by atoms with van der Waals surface area (Å²) in [6.45, 7) is 6.65. The van der Waals surface area contributed by atoms with Crippen LogP contribution < -0.4 is 10.6 Å². The van der Waals surface area contributed by atoms with Crippen molar-refractivity contribution in [2.24, 2.45) is 0 Å². The summed E-state index contributed by atoms with van der Waals surface area (Å²) in [6.07, 6.45) is 0.665. The molecule has 0 aliphatic heterocycles. The van der Waals surface area contributed by atoms with Crippen LogP contribution in [0.25, 0.3) is 0 Å². The summed E-state index contributed by atoms with van der Waals surface area (Å²) in [4.78, 5) is 25.4. The smallest absolute Gasteiger partial charge is 0.251 e. The molecule has 5 nitrogen and oxygen atoms in total. The van der Waals surface area contributed by atoms with Gasteiger partial charge in [-0.3, -0.25) is 9.59 Å². The molecule has 0 fully saturated rings. The number of hydrogen-bond donors (Lipinski definition) is 3. The Hall–Kier alpha value is -2.18. The zero-order valence-corrected chi connectivity index (χ0v) is 16.9. The van der Waals surface area contributed by atoms with Crippen molar-refractivity contribution in [2.75, 3.05) is 13.2 Å². The zero-order valence-electron chi connectivity index (χ0n) is 16.1. The lowest BCUT2D eigenvalue weighted by Gasteiger charge is -2.19. The van der Waals surface area contributed by atoms with Crippen molar-refractivity contribution in [3.8, 4) is 0 Å². The lowest BCUT2D eigenvalue weighted by molar-refractivity contribution is -0.121. The van der Waals surface area contributed by atoms with E-state index in [2.05, 4.69) is 31.4 Å². The molecule has 0 saturated carbocycles. The molecular formula is C21H28N2O3S. The Morgan fingerprint density at radius 2 is 1.85 bits per heavy atom. The fourth-order valence-corrected chi connectivity index (χ4v) is 3.50. The number of aliphatic hydroxyl groups is 1. The van der Waals surface area contributed by atoms with Crippen molar-refractivity contribution in [3.63, 3.8) is 0 Å². The number of carbonyl (C=O) groups is 2. The highest BCUT2D eigenvalue weighted by molar-refractivity contribution is 7.10. The van der Waals surface area contributed by atoms with Crippen molar-refractivity contribution in [1.82, 2.24) is 10.6 Å². The van der Waals surface area contributed by atoms with Crippen LogP contribution in [0.3, 0.4) is 0 Å². The van der Waals surface area contributed by atoms with Gasteiger partial charge < -0.3 is 15.7 Å². The first kappa shape index (κ1) is 21.1. The summed E-state index contributed by atoms with van der Waals surface area (Å²) in [6, 6.07) is 11.2. The molecule has 1 aromatic carbocycles. The number of thiophene rings is 1. The molecule has 2 aromatic rings. The predicted octanol–water partition coefficient (Wildman–Crippen LogP) is 3.41. The number of nitrogens with one attached hydrogen (secondary N) is 2. The predicted molar refractivity (Wildman–Crippen MR) is 109 cm³/mol. The first-order valence-corrected chi connectivity index (χ1v) is 10.0. The van der Waals surface area contributed by atoms with Gasteiger partial charge in [-0.2, -0.15) is 0 Å². The number of rotatable bonds is 8. The van der Waals surface area contributed by atoms with Crippen LogP contribution in [0.1, 0.15) is 60.5 Å². The van der Waals surface area contributed by atoms with Gasteiger partial charge in [0.1, 0.15) is 0 Å². The minimum absolute atomic E-state index is 0.00411. The Labute approximate surface area is 164 Å². The van der Waals surface area contributed by atoms with E-state index in [9.17, 15) is 14.7 Å². The molecule has 1 aromatic heterocycles. The van der Waals surface area contributed by atoms with E-state index in [1.165, 1.54) is 5.56 Å². The Balaban J connectivity index is 1.81. The zero-order chi connectivity index (χ0) is 19.9. The molecule has 2 amide bonds. The summed E-state index contributed by atoms with van der Waals surface area (Å²) < 4.78 is 0. The van der Waals surface area contributed by atoms with Gasteiger partial charge in [0.25, 0.3) is 5.91 Å². The van der Waals surface area contributed by atoms with Crippen molar-refractivity contribution < 1.29 is 14.7 Å². The van der Waals surface area contributed by atoms with Gasteiger partial charge >= 0.3 is 0 Å². The minimum atomic E-state index is -0.192. The van der Waals surface area contributed by atoms with Gasteiger partial charge in [-0.15, -0.1) is 11.3 Å². The van der Waals surface area contributed by atoms with E-state index in [1.807, 2.05) is 41.8 Å². The van der Waals surface area contributed by atoms with Gasteiger partial charge in [-0.05, 0) is 41.0 Å². The Kier molecular flexibility index (Phi) is 7.56. The second-order valence-corrected chi connectivity index (χ2v) is 8.46. The number of amides is 2. The fraction of sp³-hybridized carbons (Fsp3) is 0.429. The Morgan fingerprint density at radius 3 is 2.41 bits per heavy atom. The third-order valence-electron chi connectivity index (χ3n) is 4.29. The number of carbonyl (C=O) groups excluding carboxylic acids is 2. The summed E-state index contributed by atoms with van der Waals surface area (Å²) >= 11 is 1.55. The maximum absolute atomic E-state index is 12.2. The molecule has 0 aliphatic rings. The van der Waals surface area contributed by atoms with Crippen molar-refractivity contribution in [2.45, 2.75) is 45.1 Å². The molecule has 0 unspecified atom stereocenters. The average Bonchev–Trinajstić information content (AvgIpc) is 3.15. The van der Waals surface area contributed by atoms with E-state index in [0.717, 1.165) is 4.88 Å². The van der Waals surface area contributed by atoms with Crippen LogP contribution in [0.5, 0.6) is 0 Å². The molecule has 1 atom stereocenters. The molecule has 0 saturated heterocycles. The van der Waals surface area contributed by atoms with Crippen LogP contribution in [0.2, 0.25) is 0 Å². The maximum atomic E-state index is 12.2. The number of hydrogen-bond acceptors (Lipinski definition) is 4. The van der Waals surface area contributed by atoms with E-state index in [4.69, 9.17) is 0 Å². The van der Waals surface area contributed by atoms with Crippen molar-refractivity contribution >= 4 is 23.2 Å². The fourth-order valence-electron chi connectivity index (χ4n) is 2.68. The SMILES string of the molecule is CC(C)(C)c1ccc(C(=O)NCCC(=O)N[C@@H](CCO)c2cccs2)cc1. The standard InChI is InChI=1S/C21H28N2O3S/c1-21(2,3)16-8-6-15(7-9-16)20(26)22-12-10-19(25)23-17(11-13-24)18-5-4-14-27-18/h4-9,14,17,24H,10-13H2,1-3H3,(H,22,26)(H,23,25)/t17-/m0/s1. The molecule has 0 aliphatic carbocycles. The van der Waals surface area contributed by atoms with Gasteiger partial charge in [0.15, 0.2) is 0 Å². The molecule has 0 radical (unpaired) electrons. The van der Waals surface area contributed by atoms with Crippen LogP contribution in [-0.4, -0.2) is 30.1 Å². The first-order valence-electron chi connectivity index (χ1n) is 9.13. The van der Waals surface area contributed by atoms with Crippen molar-refractivity contribution in [1.29, 1.82) is 0 Å². The van der Waals surface area contributed by atoms with Gasteiger partial charge in [0.2, 0.25) is 5.91 Å². The normalized spacial score (nSPS) is 12.4. The molecule has 6 heteroatoms. The largest absolute Gasteiger partial charge is 0.396 e. The molecule has 2 rings (SSSR count). The van der Waals surface area contributed by atoms with E-state index in [1.54, 1.807) is 11.3 Å². The Bertz CT molecular complexity index is 734. The minimum Gasteiger partial charge on any atom is -0.396 e. The third-order valence-corrected chi connectivity index (χ3v) is 5.28. The molecule has 0 bridgehead atoms. The van der Waals surface area contributed by atoms with Gasteiger partial charge in [-0.25, -0.2) is 0 Å². The lowest BCUT2D eigenvalue weighted by Crippen LogP contribution is -2.33. The molecule has 3 N–H and O–H groups in total. The van der Waals surface area contributed by atoms with E-state index >= 15 is 0 Å². The van der Waals surface area contributed by atoms with Gasteiger partial charge in [-0.1, -0.05) is 39.0 Å². The second kappa shape index (κ2) is 9.67. The highest BCUT2D eigenvalue weighted by Crippen LogP contribution is 2.22. The summed E-state index contributed by atoms with van der Waals surface area (Å²) in [5.41, 5.74) is 1.79. The van der Waals surface area contributed by atoms with Crippen LogP contribution in [-0.2, 0) is 10.2 Å². The van der Waals surface area contributed by atoms with E-state index < -0.39 is 0 Å². The van der Waals surface area contributed by atoms with Crippen LogP contribution >= 0.6 is 11.3 Å². The quantitative estimate of drug-likeness (QED) is 0.648. The summed E-state index contributed by atoms with van der Waals surface area (Å²) in [5.74, 6) is -0.335. The van der Waals surface area contributed by atoms with E-state index in [0.29, 0.717) is 12.0 Å². The molecule has 0 spiro atoms. The van der Waals surface area contributed by atoms with Crippen molar-refractivity contribution in [3.05, 3.63) is 57.8 Å². The number of aliphatic hydroxyl groups excluding tert-OH is 1. The highest BCUT2D eigenvalue weighted by Gasteiger charge is 2.16. The molecule has 146 valence electrons. The average molecular weight is 389 g/mol. The van der Waals surface area contributed by atoms with E-state index in [-0.39, 0.29) is 42.8 Å². The summed E-state index contributed by atoms with van der Waals surface area (Å²) in [7, 11) is 0. The van der Waals surface area contributed by atoms with Gasteiger partial charge in [0.05, 0.1) is 6.04 Å². The number of benzene rings is 1. The third kappa shape index (κ3) is 6.48. The van der Waals surface area contributed by atoms with Crippen LogP contribution in [0.15, 0.2) is 41.8 Å². The lowest BCUT2D eigenvalue weighted by atomic mass is 9.87. The maximum Gasteiger partial charge on any atom is 0.251 e. The van der Waals surface area contributed by atoms with Gasteiger partial charge in [0, 0.05) is 30.0 Å². The monoisotopic (exact) mass is 388 g/mol. The molecular weight excluding hydrogens is 360 g/mol.